The largest absolute Gasteiger partial charge is 0.198 e. The van der Waals surface area contributed by atoms with Crippen molar-refractivity contribution in [2.75, 3.05) is 0 Å². The van der Waals surface area contributed by atoms with Crippen LogP contribution in [0.5, 0.6) is 0 Å². The van der Waals surface area contributed by atoms with E-state index in [-0.39, 0.29) is 5.41 Å². The van der Waals surface area contributed by atoms with Crippen molar-refractivity contribution in [2.45, 2.75) is 20.3 Å². The lowest BCUT2D eigenvalue weighted by molar-refractivity contribution is 0.514. The molecule has 0 saturated heterocycles. The van der Waals surface area contributed by atoms with Crippen molar-refractivity contribution < 1.29 is 0 Å². The first-order chi connectivity index (χ1) is 3.62. The molecule has 0 unspecified atom stereocenters. The van der Waals surface area contributed by atoms with Gasteiger partial charge in [0, 0.05) is 6.42 Å². The first-order valence-corrected chi connectivity index (χ1v) is 2.47. The predicted octanol–water partition coefficient (Wildman–Crippen LogP) is 1.56. The SMILES string of the molecule is C#CCC(C)(C)C#N. The summed E-state index contributed by atoms with van der Waals surface area (Å²) < 4.78 is 0. The predicted molar refractivity (Wildman–Crippen MR) is 32.8 cm³/mol. The van der Waals surface area contributed by atoms with E-state index in [0.29, 0.717) is 6.42 Å². The molecule has 0 aromatic carbocycles. The van der Waals surface area contributed by atoms with Crippen LogP contribution < -0.4 is 0 Å². The van der Waals surface area contributed by atoms with Gasteiger partial charge >= 0.3 is 0 Å². The van der Waals surface area contributed by atoms with Crippen molar-refractivity contribution in [3.8, 4) is 18.4 Å². The Morgan fingerprint density at radius 3 is 2.25 bits per heavy atom. The highest BCUT2D eigenvalue weighted by molar-refractivity contribution is 5.01. The molecule has 0 bridgehead atoms. The minimum Gasteiger partial charge on any atom is -0.198 e. The molecule has 0 amide bonds. The summed E-state index contributed by atoms with van der Waals surface area (Å²) in [6.07, 6.45) is 5.52. The number of hydrogen-bond acceptors (Lipinski definition) is 1. The molecule has 0 fully saturated rings. The van der Waals surface area contributed by atoms with Crippen LogP contribution in [0.4, 0.5) is 0 Å². The lowest BCUT2D eigenvalue weighted by Gasteiger charge is -2.08. The number of nitriles is 1. The van der Waals surface area contributed by atoms with Crippen LogP contribution in [-0.2, 0) is 0 Å². The Labute approximate surface area is 50.3 Å². The van der Waals surface area contributed by atoms with Crippen LogP contribution in [0.2, 0.25) is 0 Å². The average Bonchev–Trinajstić information content (AvgIpc) is 1.67. The summed E-state index contributed by atoms with van der Waals surface area (Å²) in [5.41, 5.74) is -0.339. The molecule has 0 rings (SSSR count). The van der Waals surface area contributed by atoms with E-state index in [9.17, 15) is 0 Å². The molecule has 0 aromatic rings. The molecule has 8 heavy (non-hydrogen) atoms. The molecular formula is C7H9N. The van der Waals surface area contributed by atoms with E-state index >= 15 is 0 Å². The molecule has 1 heteroatoms. The molecule has 1 nitrogen and oxygen atoms in total. The maximum Gasteiger partial charge on any atom is 0.0693 e. The van der Waals surface area contributed by atoms with Crippen LogP contribution in [0.25, 0.3) is 0 Å². The van der Waals surface area contributed by atoms with Gasteiger partial charge in [0.15, 0.2) is 0 Å². The Bertz CT molecular complexity index is 143. The highest BCUT2D eigenvalue weighted by Crippen LogP contribution is 2.16. The Balaban J connectivity index is 3.82. The quantitative estimate of drug-likeness (QED) is 0.466. The lowest BCUT2D eigenvalue weighted by Crippen LogP contribution is -2.04. The van der Waals surface area contributed by atoms with Crippen molar-refractivity contribution in [1.29, 1.82) is 5.26 Å². The van der Waals surface area contributed by atoms with Gasteiger partial charge in [0.1, 0.15) is 0 Å². The van der Waals surface area contributed by atoms with Crippen molar-refractivity contribution in [1.82, 2.24) is 0 Å². The van der Waals surface area contributed by atoms with Gasteiger partial charge in [-0.15, -0.1) is 12.3 Å². The molecule has 42 valence electrons. The third kappa shape index (κ3) is 2.26. The maximum absolute atomic E-state index is 8.38. The van der Waals surface area contributed by atoms with E-state index in [4.69, 9.17) is 11.7 Å². The summed E-state index contributed by atoms with van der Waals surface area (Å²) in [5.74, 6) is 2.44. The van der Waals surface area contributed by atoms with Gasteiger partial charge in [-0.2, -0.15) is 5.26 Å². The van der Waals surface area contributed by atoms with E-state index in [1.807, 2.05) is 13.8 Å². The summed E-state index contributed by atoms with van der Waals surface area (Å²) in [6.45, 7) is 3.65. The zero-order chi connectivity index (χ0) is 6.62. The van der Waals surface area contributed by atoms with Crippen molar-refractivity contribution in [3.63, 3.8) is 0 Å². The minimum atomic E-state index is -0.339. The Morgan fingerprint density at radius 2 is 2.12 bits per heavy atom. The van der Waals surface area contributed by atoms with Crippen molar-refractivity contribution >= 4 is 0 Å². The molecule has 0 atom stereocenters. The van der Waals surface area contributed by atoms with Crippen molar-refractivity contribution in [2.24, 2.45) is 5.41 Å². The summed E-state index contributed by atoms with van der Waals surface area (Å²) in [6, 6.07) is 2.10. The van der Waals surface area contributed by atoms with Gasteiger partial charge in [-0.1, -0.05) is 0 Å². The second-order valence-electron chi connectivity index (χ2n) is 2.38. The van der Waals surface area contributed by atoms with Crippen LogP contribution in [0.1, 0.15) is 20.3 Å². The lowest BCUT2D eigenvalue weighted by atomic mass is 9.92. The van der Waals surface area contributed by atoms with Gasteiger partial charge in [-0.05, 0) is 13.8 Å². The molecule has 0 N–H and O–H groups in total. The summed E-state index contributed by atoms with van der Waals surface area (Å²) in [4.78, 5) is 0. The third-order valence-corrected chi connectivity index (χ3v) is 0.847. The molecule has 0 aromatic heterocycles. The van der Waals surface area contributed by atoms with Crippen LogP contribution in [0.3, 0.4) is 0 Å². The number of rotatable bonds is 1. The zero-order valence-corrected chi connectivity index (χ0v) is 5.23. The van der Waals surface area contributed by atoms with Crippen LogP contribution in [0, 0.1) is 29.1 Å². The summed E-state index contributed by atoms with van der Waals surface area (Å²) in [7, 11) is 0. The highest BCUT2D eigenvalue weighted by Gasteiger charge is 2.13. The zero-order valence-electron chi connectivity index (χ0n) is 5.23. The number of nitrogens with zero attached hydrogens (tertiary/aromatic N) is 1. The molecule has 0 aliphatic heterocycles. The smallest absolute Gasteiger partial charge is 0.0693 e. The topological polar surface area (TPSA) is 23.8 Å². The van der Waals surface area contributed by atoms with Gasteiger partial charge in [0.05, 0.1) is 11.5 Å². The second-order valence-corrected chi connectivity index (χ2v) is 2.38. The van der Waals surface area contributed by atoms with Crippen LogP contribution in [0.15, 0.2) is 0 Å². The number of terminal acetylenes is 1. The summed E-state index contributed by atoms with van der Waals surface area (Å²) >= 11 is 0. The molecule has 0 aliphatic rings. The van der Waals surface area contributed by atoms with Gasteiger partial charge < -0.3 is 0 Å². The van der Waals surface area contributed by atoms with Gasteiger partial charge in [-0.3, -0.25) is 0 Å². The fraction of sp³-hybridized carbons (Fsp3) is 0.571. The summed E-state index contributed by atoms with van der Waals surface area (Å²) in [5, 5.41) is 8.38. The molecule has 0 saturated carbocycles. The third-order valence-electron chi connectivity index (χ3n) is 0.847. The Morgan fingerprint density at radius 1 is 1.62 bits per heavy atom. The monoisotopic (exact) mass is 107 g/mol. The second kappa shape index (κ2) is 2.38. The van der Waals surface area contributed by atoms with Crippen LogP contribution >= 0.6 is 0 Å². The van der Waals surface area contributed by atoms with E-state index in [2.05, 4.69) is 12.0 Å². The standard InChI is InChI=1S/C7H9N/c1-4-5-7(2,3)6-8/h1H,5H2,2-3H3. The van der Waals surface area contributed by atoms with Crippen molar-refractivity contribution in [3.05, 3.63) is 0 Å². The molecule has 0 radical (unpaired) electrons. The average molecular weight is 107 g/mol. The van der Waals surface area contributed by atoms with E-state index in [1.165, 1.54) is 0 Å². The molecular weight excluding hydrogens is 98.1 g/mol. The normalized spacial score (nSPS) is 9.50. The Kier molecular flexibility index (Phi) is 2.10. The minimum absolute atomic E-state index is 0.339. The molecule has 0 heterocycles. The first-order valence-electron chi connectivity index (χ1n) is 2.47. The molecule has 0 spiro atoms. The first kappa shape index (κ1) is 7.05. The maximum atomic E-state index is 8.38. The Hall–Kier alpha value is -0.950. The van der Waals surface area contributed by atoms with Crippen LogP contribution in [-0.4, -0.2) is 0 Å². The van der Waals surface area contributed by atoms with E-state index < -0.39 is 0 Å². The fourth-order valence-electron chi connectivity index (χ4n) is 0.295. The number of hydrogen-bond donors (Lipinski definition) is 0. The highest BCUT2D eigenvalue weighted by atomic mass is 14.3. The van der Waals surface area contributed by atoms with Gasteiger partial charge in [0.25, 0.3) is 0 Å². The van der Waals surface area contributed by atoms with Gasteiger partial charge in [-0.25, -0.2) is 0 Å². The fourth-order valence-corrected chi connectivity index (χ4v) is 0.295. The van der Waals surface area contributed by atoms with Gasteiger partial charge in [0.2, 0.25) is 0 Å². The van der Waals surface area contributed by atoms with E-state index in [0.717, 1.165) is 0 Å². The molecule has 0 aliphatic carbocycles. The van der Waals surface area contributed by atoms with E-state index in [1.54, 1.807) is 0 Å².